The number of carbonyl (C=O) groups is 1. The molecule has 0 unspecified atom stereocenters. The Morgan fingerprint density at radius 3 is 2.50 bits per heavy atom. The first-order valence-electron chi connectivity index (χ1n) is 7.47. The number of ether oxygens (including phenoxy) is 3. The van der Waals surface area contributed by atoms with E-state index in [0.29, 0.717) is 31.3 Å². The molecule has 7 nitrogen and oxygen atoms in total. The van der Waals surface area contributed by atoms with Crippen LogP contribution in [0.3, 0.4) is 0 Å². The van der Waals surface area contributed by atoms with Crippen LogP contribution in [0.15, 0.2) is 42.6 Å². The summed E-state index contributed by atoms with van der Waals surface area (Å²) in [6, 6.07) is 10.6. The van der Waals surface area contributed by atoms with E-state index in [9.17, 15) is 4.79 Å². The number of nitrogens with one attached hydrogen (secondary N) is 2. The predicted octanol–water partition coefficient (Wildman–Crippen LogP) is 2.44. The maximum absolute atomic E-state index is 11.9. The number of carbonyl (C=O) groups excluding carboxylic acids is 1. The third-order valence-corrected chi connectivity index (χ3v) is 3.14. The lowest BCUT2D eigenvalue weighted by atomic mass is 10.2. The molecule has 0 saturated carbocycles. The van der Waals surface area contributed by atoms with Gasteiger partial charge in [-0.3, -0.25) is 0 Å². The van der Waals surface area contributed by atoms with Crippen molar-refractivity contribution in [2.24, 2.45) is 0 Å². The molecule has 2 N–H and O–H groups in total. The van der Waals surface area contributed by atoms with Crippen molar-refractivity contribution in [2.75, 3.05) is 32.8 Å². The number of benzene rings is 1. The van der Waals surface area contributed by atoms with Crippen molar-refractivity contribution in [3.05, 3.63) is 48.2 Å². The number of pyridine rings is 1. The number of methoxy groups -OCH3 is 2. The van der Waals surface area contributed by atoms with Crippen molar-refractivity contribution in [3.63, 3.8) is 0 Å². The molecule has 1 heterocycles. The average Bonchev–Trinajstić information content (AvgIpc) is 2.62. The van der Waals surface area contributed by atoms with E-state index < -0.39 is 0 Å². The Bertz CT molecular complexity index is 629. The van der Waals surface area contributed by atoms with Gasteiger partial charge in [0.25, 0.3) is 0 Å². The molecule has 0 atom stereocenters. The first kappa shape index (κ1) is 17.6. The fraction of sp³-hybridized carbons (Fsp3) is 0.294. The Hall–Kier alpha value is -2.80. The molecule has 1 aromatic heterocycles. The molecule has 0 spiro atoms. The minimum Gasteiger partial charge on any atom is -0.497 e. The molecule has 0 aliphatic rings. The van der Waals surface area contributed by atoms with Gasteiger partial charge in [0.2, 0.25) is 5.88 Å². The van der Waals surface area contributed by atoms with Crippen molar-refractivity contribution < 1.29 is 19.0 Å². The summed E-state index contributed by atoms with van der Waals surface area (Å²) in [4.78, 5) is 16.0. The normalized spacial score (nSPS) is 10.1. The summed E-state index contributed by atoms with van der Waals surface area (Å²) in [5, 5.41) is 5.49. The lowest BCUT2D eigenvalue weighted by Gasteiger charge is -2.09. The zero-order valence-electron chi connectivity index (χ0n) is 13.7. The first-order valence-corrected chi connectivity index (χ1v) is 7.47. The second kappa shape index (κ2) is 9.36. The zero-order valence-corrected chi connectivity index (χ0v) is 13.7. The molecular weight excluding hydrogens is 310 g/mol. The van der Waals surface area contributed by atoms with Gasteiger partial charge in [-0.05, 0) is 23.8 Å². The van der Waals surface area contributed by atoms with E-state index in [1.54, 1.807) is 26.4 Å². The van der Waals surface area contributed by atoms with Gasteiger partial charge in [-0.25, -0.2) is 9.78 Å². The van der Waals surface area contributed by atoms with Crippen molar-refractivity contribution in [1.82, 2.24) is 10.3 Å². The van der Waals surface area contributed by atoms with Gasteiger partial charge in [0.15, 0.2) is 0 Å². The highest BCUT2D eigenvalue weighted by molar-refractivity contribution is 5.88. The molecule has 0 saturated heterocycles. The summed E-state index contributed by atoms with van der Waals surface area (Å²) in [6.07, 6.45) is 1.54. The van der Waals surface area contributed by atoms with Gasteiger partial charge in [0, 0.05) is 19.7 Å². The summed E-state index contributed by atoms with van der Waals surface area (Å²) in [7, 11) is 3.22. The minimum absolute atomic E-state index is 0.305. The molecule has 2 aromatic rings. The highest BCUT2D eigenvalue weighted by Gasteiger charge is 2.03. The highest BCUT2D eigenvalue weighted by atomic mass is 16.5. The zero-order chi connectivity index (χ0) is 17.2. The molecule has 0 fully saturated rings. The molecule has 7 heteroatoms. The van der Waals surface area contributed by atoms with E-state index in [-0.39, 0.29) is 6.03 Å². The quantitative estimate of drug-likeness (QED) is 0.726. The SMILES string of the molecule is COCCOc1ccc(NC(=O)NCc2ccc(OC)cc2)cn1. The fourth-order valence-electron chi connectivity index (χ4n) is 1.87. The van der Waals surface area contributed by atoms with Gasteiger partial charge in [0.05, 0.1) is 25.6 Å². The number of hydrogen-bond donors (Lipinski definition) is 2. The van der Waals surface area contributed by atoms with Gasteiger partial charge in [-0.15, -0.1) is 0 Å². The second-order valence-electron chi connectivity index (χ2n) is 4.88. The van der Waals surface area contributed by atoms with Crippen LogP contribution >= 0.6 is 0 Å². The number of nitrogens with zero attached hydrogens (tertiary/aromatic N) is 1. The Morgan fingerprint density at radius 2 is 1.88 bits per heavy atom. The summed E-state index contributed by atoms with van der Waals surface area (Å²) in [5.74, 6) is 1.26. The standard InChI is InChI=1S/C17H21N3O4/c1-22-9-10-24-16-8-5-14(12-18-16)20-17(21)19-11-13-3-6-15(23-2)7-4-13/h3-8,12H,9-11H2,1-2H3,(H2,19,20,21). The number of anilines is 1. The number of amides is 2. The van der Waals surface area contributed by atoms with E-state index in [0.717, 1.165) is 11.3 Å². The Labute approximate surface area is 140 Å². The largest absolute Gasteiger partial charge is 0.497 e. The van der Waals surface area contributed by atoms with Crippen molar-refractivity contribution in [2.45, 2.75) is 6.54 Å². The smallest absolute Gasteiger partial charge is 0.319 e. The van der Waals surface area contributed by atoms with Crippen LogP contribution in [0.1, 0.15) is 5.56 Å². The first-order chi connectivity index (χ1) is 11.7. The van der Waals surface area contributed by atoms with Crippen LogP contribution in [0.4, 0.5) is 10.5 Å². The number of urea groups is 1. The van der Waals surface area contributed by atoms with E-state index >= 15 is 0 Å². The van der Waals surface area contributed by atoms with Crippen molar-refractivity contribution in [3.8, 4) is 11.6 Å². The molecule has 0 bridgehead atoms. The summed E-state index contributed by atoms with van der Waals surface area (Å²) in [5.41, 5.74) is 1.56. The van der Waals surface area contributed by atoms with Gasteiger partial charge in [-0.2, -0.15) is 0 Å². The molecule has 2 amide bonds. The molecule has 24 heavy (non-hydrogen) atoms. The van der Waals surface area contributed by atoms with Crippen LogP contribution in [0.2, 0.25) is 0 Å². The summed E-state index contributed by atoms with van der Waals surface area (Å²) in [6.45, 7) is 1.34. The van der Waals surface area contributed by atoms with Crippen molar-refractivity contribution >= 4 is 11.7 Å². The van der Waals surface area contributed by atoms with Crippen LogP contribution in [0, 0.1) is 0 Å². The number of hydrogen-bond acceptors (Lipinski definition) is 5. The van der Waals surface area contributed by atoms with Crippen LogP contribution < -0.4 is 20.1 Å². The number of rotatable bonds is 8. The van der Waals surface area contributed by atoms with Crippen LogP contribution in [-0.4, -0.2) is 38.4 Å². The molecule has 128 valence electrons. The summed E-state index contributed by atoms with van der Waals surface area (Å²) < 4.78 is 15.3. The Balaban J connectivity index is 1.76. The van der Waals surface area contributed by atoms with Gasteiger partial charge >= 0.3 is 6.03 Å². The van der Waals surface area contributed by atoms with Gasteiger partial charge in [-0.1, -0.05) is 12.1 Å². The van der Waals surface area contributed by atoms with Crippen LogP contribution in [0.25, 0.3) is 0 Å². The topological polar surface area (TPSA) is 81.7 Å². The van der Waals surface area contributed by atoms with Crippen LogP contribution in [0.5, 0.6) is 11.6 Å². The highest BCUT2D eigenvalue weighted by Crippen LogP contribution is 2.12. The lowest BCUT2D eigenvalue weighted by molar-refractivity contribution is 0.144. The second-order valence-corrected chi connectivity index (χ2v) is 4.88. The Kier molecular flexibility index (Phi) is 6.85. The monoisotopic (exact) mass is 331 g/mol. The lowest BCUT2D eigenvalue weighted by Crippen LogP contribution is -2.28. The van der Waals surface area contributed by atoms with Crippen LogP contribution in [-0.2, 0) is 11.3 Å². The Morgan fingerprint density at radius 1 is 1.08 bits per heavy atom. The predicted molar refractivity (Wildman–Crippen MR) is 90.5 cm³/mol. The molecular formula is C17H21N3O4. The maximum Gasteiger partial charge on any atom is 0.319 e. The fourth-order valence-corrected chi connectivity index (χ4v) is 1.87. The molecule has 1 aromatic carbocycles. The van der Waals surface area contributed by atoms with E-state index in [2.05, 4.69) is 15.6 Å². The summed E-state index contributed by atoms with van der Waals surface area (Å²) >= 11 is 0. The van der Waals surface area contributed by atoms with E-state index in [4.69, 9.17) is 14.2 Å². The van der Waals surface area contributed by atoms with E-state index in [1.807, 2.05) is 24.3 Å². The molecule has 0 radical (unpaired) electrons. The van der Waals surface area contributed by atoms with Gasteiger partial charge in [0.1, 0.15) is 12.4 Å². The van der Waals surface area contributed by atoms with Gasteiger partial charge < -0.3 is 24.8 Å². The maximum atomic E-state index is 11.9. The number of aromatic nitrogens is 1. The van der Waals surface area contributed by atoms with Crippen molar-refractivity contribution in [1.29, 1.82) is 0 Å². The molecule has 0 aliphatic heterocycles. The molecule has 0 aliphatic carbocycles. The minimum atomic E-state index is -0.305. The third-order valence-electron chi connectivity index (χ3n) is 3.14. The average molecular weight is 331 g/mol. The van der Waals surface area contributed by atoms with E-state index in [1.165, 1.54) is 6.20 Å². The third kappa shape index (κ3) is 5.77. The molecule has 2 rings (SSSR count).